The van der Waals surface area contributed by atoms with Gasteiger partial charge in [-0.2, -0.15) is 0 Å². The van der Waals surface area contributed by atoms with Crippen molar-refractivity contribution in [1.82, 2.24) is 36.6 Å². The Balaban J connectivity index is 2.96. The molecule has 0 bridgehead atoms. The first kappa shape index (κ1) is 41.0. The molecule has 0 aliphatic heterocycles. The monoisotopic (exact) mass is 696 g/mol. The first-order chi connectivity index (χ1) is 23.1. The van der Waals surface area contributed by atoms with Crippen LogP contribution in [0, 0.1) is 0 Å². The summed E-state index contributed by atoms with van der Waals surface area (Å²) in [6, 6.07) is -5.30. The summed E-state index contributed by atoms with van der Waals surface area (Å²) in [5, 5.41) is 29.6. The summed E-state index contributed by atoms with van der Waals surface area (Å²) < 4.78 is 0. The lowest BCUT2D eigenvalue weighted by molar-refractivity contribution is -0.147. The molecule has 49 heavy (non-hydrogen) atoms. The molecule has 272 valence electrons. The van der Waals surface area contributed by atoms with Crippen molar-refractivity contribution in [3.8, 4) is 0 Å². The predicted octanol–water partition coefficient (Wildman–Crippen LogP) is -6.37. The van der Waals surface area contributed by atoms with Crippen LogP contribution in [0.25, 0.3) is 0 Å². The normalized spacial score (nSPS) is 12.9. The Morgan fingerprint density at radius 1 is 0.755 bits per heavy atom. The van der Waals surface area contributed by atoms with E-state index in [9.17, 15) is 33.6 Å². The second kappa shape index (κ2) is 21.7. The molecule has 23 heteroatoms. The Hall–Kier alpha value is -6.00. The molecule has 0 unspecified atom stereocenters. The zero-order chi connectivity index (χ0) is 36.9. The molecule has 18 N–H and O–H groups in total. The highest BCUT2D eigenvalue weighted by molar-refractivity contribution is 5.95. The van der Waals surface area contributed by atoms with Gasteiger partial charge in [0.1, 0.15) is 18.1 Å². The maximum Gasteiger partial charge on any atom is 0.326 e. The van der Waals surface area contributed by atoms with E-state index in [4.69, 9.17) is 38.9 Å². The fourth-order valence-corrected chi connectivity index (χ4v) is 3.98. The second-order valence-electron chi connectivity index (χ2n) is 10.5. The quantitative estimate of drug-likeness (QED) is 0.0287. The van der Waals surface area contributed by atoms with Gasteiger partial charge < -0.3 is 70.4 Å². The largest absolute Gasteiger partial charge is 0.481 e. The Bertz CT molecular complexity index is 1340. The lowest BCUT2D eigenvalue weighted by Gasteiger charge is -2.23. The number of carboxylic acids is 2. The van der Waals surface area contributed by atoms with Crippen molar-refractivity contribution in [3.05, 3.63) is 18.2 Å². The molecule has 0 radical (unpaired) electrons. The van der Waals surface area contributed by atoms with Crippen LogP contribution in [-0.2, 0) is 40.0 Å². The van der Waals surface area contributed by atoms with Crippen LogP contribution in [0.15, 0.2) is 22.5 Å². The number of H-pyrrole nitrogens is 1. The molecular formula is C26H44N14O9. The number of nitrogens with zero attached hydrogens (tertiary/aromatic N) is 3. The first-order valence-electron chi connectivity index (χ1n) is 14.8. The fourth-order valence-electron chi connectivity index (χ4n) is 3.98. The number of nitrogens with two attached hydrogens (primary N) is 5. The molecule has 1 aromatic rings. The Morgan fingerprint density at radius 3 is 1.82 bits per heavy atom. The van der Waals surface area contributed by atoms with Crippen molar-refractivity contribution in [1.29, 1.82) is 0 Å². The van der Waals surface area contributed by atoms with Crippen molar-refractivity contribution >= 4 is 53.4 Å². The number of aromatic amines is 1. The van der Waals surface area contributed by atoms with Crippen molar-refractivity contribution in [2.24, 2.45) is 38.7 Å². The van der Waals surface area contributed by atoms with Gasteiger partial charge in [-0.05, 0) is 25.7 Å². The summed E-state index contributed by atoms with van der Waals surface area (Å²) in [5.41, 5.74) is 27.4. The number of aliphatic carboxylic acids is 2. The average Bonchev–Trinajstić information content (AvgIpc) is 3.54. The Morgan fingerprint density at radius 2 is 1.31 bits per heavy atom. The van der Waals surface area contributed by atoms with E-state index in [0.29, 0.717) is 12.1 Å². The number of aromatic nitrogens is 2. The number of amides is 5. The maximum absolute atomic E-state index is 13.4. The van der Waals surface area contributed by atoms with Gasteiger partial charge in [0, 0.05) is 31.4 Å². The molecule has 1 aromatic heterocycles. The van der Waals surface area contributed by atoms with E-state index in [-0.39, 0.29) is 50.7 Å². The van der Waals surface area contributed by atoms with Crippen LogP contribution < -0.4 is 55.3 Å². The number of hydrogen-bond donors (Lipinski definition) is 13. The number of guanidine groups is 2. The SMILES string of the molecule is NC(N)=NCCC[C@H](NC(=O)CNC(=O)[C@@H](N)CCCN=C(N)N)C(=O)N[C@@H](Cc1cnc[nH]1)C(=O)NCC(=O)N[C@@H](CC(=O)O)C(=O)O. The average molecular weight is 697 g/mol. The van der Waals surface area contributed by atoms with Crippen LogP contribution >= 0.6 is 0 Å². The standard InChI is InChI=1S/C26H44N14O9/c27-14(3-1-5-33-25(28)29)21(45)35-10-18(41)38-15(4-2-6-34-26(30)31)23(47)40-16(7-13-9-32-12-37-13)22(46)36-11-19(42)39-17(24(48)49)8-20(43)44/h9,12,14-17H,1-8,10-11,27H2,(H,32,37)(H,35,45)(H,36,46)(H,38,41)(H,39,42)(H,40,47)(H,43,44)(H,48,49)(H4,28,29,33)(H4,30,31,34)/t14-,15-,16-,17-/m0/s1. The van der Waals surface area contributed by atoms with Crippen LogP contribution in [0.5, 0.6) is 0 Å². The van der Waals surface area contributed by atoms with E-state index in [2.05, 4.69) is 41.2 Å². The number of hydrogen-bond acceptors (Lipinski definition) is 11. The lowest BCUT2D eigenvalue weighted by Crippen LogP contribution is -2.56. The third kappa shape index (κ3) is 18.1. The van der Waals surface area contributed by atoms with E-state index in [1.54, 1.807) is 0 Å². The van der Waals surface area contributed by atoms with E-state index in [1.165, 1.54) is 12.5 Å². The third-order valence-electron chi connectivity index (χ3n) is 6.37. The van der Waals surface area contributed by atoms with Gasteiger partial charge in [0.05, 0.1) is 31.9 Å². The van der Waals surface area contributed by atoms with Gasteiger partial charge in [0.2, 0.25) is 29.5 Å². The molecule has 0 aromatic carbocycles. The minimum Gasteiger partial charge on any atom is -0.481 e. The Kier molecular flexibility index (Phi) is 18.2. The number of carbonyl (C=O) groups is 7. The van der Waals surface area contributed by atoms with E-state index in [0.717, 1.165) is 0 Å². The zero-order valence-corrected chi connectivity index (χ0v) is 26.5. The maximum atomic E-state index is 13.4. The molecule has 23 nitrogen and oxygen atoms in total. The minimum atomic E-state index is -1.75. The molecule has 0 aliphatic rings. The van der Waals surface area contributed by atoms with E-state index < -0.39 is 85.2 Å². The number of rotatable bonds is 23. The molecule has 0 saturated heterocycles. The van der Waals surface area contributed by atoms with Gasteiger partial charge in [-0.1, -0.05) is 0 Å². The molecule has 0 spiro atoms. The molecule has 0 aliphatic carbocycles. The smallest absolute Gasteiger partial charge is 0.326 e. The highest BCUT2D eigenvalue weighted by atomic mass is 16.4. The molecular weight excluding hydrogens is 652 g/mol. The van der Waals surface area contributed by atoms with Crippen LogP contribution in [0.4, 0.5) is 0 Å². The van der Waals surface area contributed by atoms with Gasteiger partial charge >= 0.3 is 11.9 Å². The Labute approximate surface area is 279 Å². The lowest BCUT2D eigenvalue weighted by atomic mass is 10.1. The summed E-state index contributed by atoms with van der Waals surface area (Å²) >= 11 is 0. The first-order valence-corrected chi connectivity index (χ1v) is 14.8. The molecule has 4 atom stereocenters. The van der Waals surface area contributed by atoms with Crippen LogP contribution in [0.1, 0.15) is 37.8 Å². The molecule has 0 saturated carbocycles. The topological polar surface area (TPSA) is 404 Å². The summed E-state index contributed by atoms with van der Waals surface area (Å²) in [6.07, 6.45) is 2.49. The van der Waals surface area contributed by atoms with Crippen molar-refractivity contribution < 1.29 is 43.8 Å². The molecule has 5 amide bonds. The van der Waals surface area contributed by atoms with Gasteiger partial charge in [-0.15, -0.1) is 0 Å². The number of aliphatic imine (C=N–C) groups is 2. The number of carboxylic acid groups (broad SMARTS) is 2. The van der Waals surface area contributed by atoms with E-state index in [1.807, 2.05) is 5.32 Å². The minimum absolute atomic E-state index is 0.00639. The van der Waals surface area contributed by atoms with Crippen LogP contribution in [-0.4, -0.2) is 124 Å². The highest BCUT2D eigenvalue weighted by Gasteiger charge is 2.29. The van der Waals surface area contributed by atoms with Gasteiger partial charge in [0.25, 0.3) is 0 Å². The molecule has 0 fully saturated rings. The number of nitrogens with one attached hydrogen (secondary N) is 6. The summed E-state index contributed by atoms with van der Waals surface area (Å²) in [4.78, 5) is 100. The number of carbonyl (C=O) groups excluding carboxylic acids is 5. The molecule has 1 heterocycles. The number of imidazole rings is 1. The van der Waals surface area contributed by atoms with E-state index >= 15 is 0 Å². The van der Waals surface area contributed by atoms with Gasteiger partial charge in [-0.25, -0.2) is 9.78 Å². The summed E-state index contributed by atoms with van der Waals surface area (Å²) in [6.45, 7) is -0.943. The van der Waals surface area contributed by atoms with Gasteiger partial charge in [0.15, 0.2) is 11.9 Å². The molecule has 1 rings (SSSR count). The summed E-state index contributed by atoms with van der Waals surface area (Å²) in [7, 11) is 0. The summed E-state index contributed by atoms with van der Waals surface area (Å²) in [5.74, 6) is -7.47. The van der Waals surface area contributed by atoms with Gasteiger partial charge in [-0.3, -0.25) is 38.8 Å². The van der Waals surface area contributed by atoms with Crippen molar-refractivity contribution in [2.75, 3.05) is 26.2 Å². The fraction of sp³-hybridized carbons (Fsp3) is 0.538. The van der Waals surface area contributed by atoms with Crippen molar-refractivity contribution in [3.63, 3.8) is 0 Å². The van der Waals surface area contributed by atoms with Crippen molar-refractivity contribution in [2.45, 2.75) is 62.7 Å². The zero-order valence-electron chi connectivity index (χ0n) is 26.5. The second-order valence-corrected chi connectivity index (χ2v) is 10.5. The van der Waals surface area contributed by atoms with Crippen LogP contribution in [0.2, 0.25) is 0 Å². The predicted molar refractivity (Wildman–Crippen MR) is 172 cm³/mol. The highest BCUT2D eigenvalue weighted by Crippen LogP contribution is 2.04. The van der Waals surface area contributed by atoms with Crippen LogP contribution in [0.3, 0.4) is 0 Å². The third-order valence-corrected chi connectivity index (χ3v) is 6.37.